The first-order chi connectivity index (χ1) is 17.6. The van der Waals surface area contributed by atoms with Crippen LogP contribution in [0.5, 0.6) is 5.75 Å². The van der Waals surface area contributed by atoms with Crippen LogP contribution < -0.4 is 26.4 Å². The lowest BCUT2D eigenvalue weighted by atomic mass is 10.3. The number of anilines is 1. The summed E-state index contributed by atoms with van der Waals surface area (Å²) in [7, 11) is -2.78. The molecule has 1 heterocycles. The second-order valence-electron chi connectivity index (χ2n) is 7.92. The van der Waals surface area contributed by atoms with Crippen molar-refractivity contribution in [1.29, 1.82) is 0 Å². The Hall–Kier alpha value is -3.85. The van der Waals surface area contributed by atoms with E-state index in [-0.39, 0.29) is 0 Å². The molecular formula is C30H26ClN2O2P. The van der Waals surface area contributed by atoms with E-state index in [1.165, 1.54) is 0 Å². The molecule has 0 aliphatic heterocycles. The average molecular weight is 513 g/mol. The zero-order chi connectivity index (χ0) is 25.2. The minimum absolute atomic E-state index is 0.379. The van der Waals surface area contributed by atoms with Crippen molar-refractivity contribution >= 4 is 40.3 Å². The number of nitrogen functional groups attached to an aromatic ring is 1. The van der Waals surface area contributed by atoms with Crippen LogP contribution in [-0.2, 0) is 11.2 Å². The number of rotatable bonds is 6. The molecule has 0 radical (unpaired) electrons. The molecule has 1 aromatic heterocycles. The largest absolute Gasteiger partial charge is 0.486 e. The number of nitrogens with two attached hydrogens (primary N) is 1. The van der Waals surface area contributed by atoms with Gasteiger partial charge in [0.1, 0.15) is 12.4 Å². The summed E-state index contributed by atoms with van der Waals surface area (Å²) in [5.41, 5.74) is 7.12. The summed E-state index contributed by atoms with van der Waals surface area (Å²) < 4.78 is 19.3. The lowest BCUT2D eigenvalue weighted by molar-refractivity contribution is 0.301. The number of hydrogen-bond donors (Lipinski definition) is 1. The Morgan fingerprint density at radius 1 is 0.694 bits per heavy atom. The highest BCUT2D eigenvalue weighted by molar-refractivity contribution is 7.85. The van der Waals surface area contributed by atoms with Crippen LogP contribution in [0.3, 0.4) is 0 Å². The molecule has 180 valence electrons. The van der Waals surface area contributed by atoms with Gasteiger partial charge in [-0.3, -0.25) is 4.98 Å². The Balaban J connectivity index is 0.000000174. The molecular weight excluding hydrogens is 487 g/mol. The van der Waals surface area contributed by atoms with Crippen LogP contribution in [-0.4, -0.2) is 4.98 Å². The number of benzene rings is 4. The van der Waals surface area contributed by atoms with Crippen LogP contribution in [0.15, 0.2) is 134 Å². The number of aromatic nitrogens is 1. The highest BCUT2D eigenvalue weighted by atomic mass is 35.5. The van der Waals surface area contributed by atoms with Crippen molar-refractivity contribution in [2.45, 2.75) is 6.61 Å². The molecule has 0 amide bonds. The van der Waals surface area contributed by atoms with Crippen LogP contribution in [0.2, 0.25) is 5.02 Å². The van der Waals surface area contributed by atoms with Crippen LogP contribution in [0.4, 0.5) is 5.69 Å². The van der Waals surface area contributed by atoms with Crippen LogP contribution in [0.1, 0.15) is 5.69 Å². The predicted octanol–water partition coefficient (Wildman–Crippen LogP) is 6.22. The van der Waals surface area contributed by atoms with Gasteiger partial charge >= 0.3 is 0 Å². The first-order valence-electron chi connectivity index (χ1n) is 11.4. The van der Waals surface area contributed by atoms with Gasteiger partial charge in [-0.1, -0.05) is 109 Å². The van der Waals surface area contributed by atoms with Crippen LogP contribution >= 0.6 is 18.7 Å². The van der Waals surface area contributed by atoms with Gasteiger partial charge in [-0.25, -0.2) is 0 Å². The minimum atomic E-state index is -2.78. The molecule has 0 spiro atoms. The summed E-state index contributed by atoms with van der Waals surface area (Å²) in [5, 5.41) is 3.16. The molecule has 5 rings (SSSR count). The molecule has 2 N–H and O–H groups in total. The highest BCUT2D eigenvalue weighted by Crippen LogP contribution is 2.41. The molecule has 4 aromatic carbocycles. The molecule has 36 heavy (non-hydrogen) atoms. The summed E-state index contributed by atoms with van der Waals surface area (Å²) in [5.74, 6) is 0.576. The Morgan fingerprint density at radius 2 is 1.19 bits per heavy atom. The molecule has 5 aromatic rings. The fourth-order valence-corrected chi connectivity index (χ4v) is 6.47. The van der Waals surface area contributed by atoms with E-state index in [1.807, 2.05) is 109 Å². The second-order valence-corrected chi connectivity index (χ2v) is 11.1. The van der Waals surface area contributed by atoms with Gasteiger partial charge in [0.05, 0.1) is 10.7 Å². The van der Waals surface area contributed by atoms with E-state index in [9.17, 15) is 4.57 Å². The SMILES string of the molecule is Nc1ccc(Cl)c(OCc2ccccn2)c1.O=P(c1ccccc1)(c1ccccc1)c1ccccc1. The fourth-order valence-electron chi connectivity index (χ4n) is 3.63. The third kappa shape index (κ3) is 6.23. The molecule has 0 bridgehead atoms. The van der Waals surface area contributed by atoms with E-state index < -0.39 is 7.14 Å². The smallest absolute Gasteiger partial charge is 0.171 e. The molecule has 0 fully saturated rings. The predicted molar refractivity (Wildman–Crippen MR) is 150 cm³/mol. The third-order valence-corrected chi connectivity index (χ3v) is 8.80. The maximum atomic E-state index is 13.8. The van der Waals surface area contributed by atoms with Gasteiger partial charge < -0.3 is 15.0 Å². The highest BCUT2D eigenvalue weighted by Gasteiger charge is 2.28. The summed E-state index contributed by atoms with van der Waals surface area (Å²) in [6.45, 7) is 0.379. The van der Waals surface area contributed by atoms with Crippen molar-refractivity contribution in [2.24, 2.45) is 0 Å². The van der Waals surface area contributed by atoms with Crippen molar-refractivity contribution in [1.82, 2.24) is 4.98 Å². The number of ether oxygens (including phenoxy) is 1. The lowest BCUT2D eigenvalue weighted by Gasteiger charge is -2.19. The van der Waals surface area contributed by atoms with Crippen molar-refractivity contribution in [2.75, 3.05) is 5.73 Å². The average Bonchev–Trinajstić information content (AvgIpc) is 2.95. The molecule has 0 unspecified atom stereocenters. The van der Waals surface area contributed by atoms with Crippen LogP contribution in [0, 0.1) is 0 Å². The van der Waals surface area contributed by atoms with Crippen molar-refractivity contribution in [3.63, 3.8) is 0 Å². The Morgan fingerprint density at radius 3 is 1.67 bits per heavy atom. The quantitative estimate of drug-likeness (QED) is 0.216. The summed E-state index contributed by atoms with van der Waals surface area (Å²) >= 11 is 5.96. The zero-order valence-electron chi connectivity index (χ0n) is 19.6. The van der Waals surface area contributed by atoms with Crippen molar-refractivity contribution in [3.05, 3.63) is 144 Å². The normalized spacial score (nSPS) is 10.7. The lowest BCUT2D eigenvalue weighted by Crippen LogP contribution is -2.24. The Labute approximate surface area is 216 Å². The molecule has 0 saturated heterocycles. The first-order valence-corrected chi connectivity index (χ1v) is 13.5. The second kappa shape index (κ2) is 12.2. The van der Waals surface area contributed by atoms with Crippen molar-refractivity contribution in [3.8, 4) is 5.75 Å². The number of nitrogens with zero attached hydrogens (tertiary/aromatic N) is 1. The summed E-state index contributed by atoms with van der Waals surface area (Å²) in [4.78, 5) is 4.15. The standard InChI is InChI=1S/C18H15OP.C12H11ClN2O/c19-20(16-10-4-1-5-11-16,17-12-6-2-7-13-17)18-14-8-3-9-15-18;13-11-5-4-9(14)7-12(11)16-8-10-3-1-2-6-15-10/h1-15H;1-7H,8,14H2. The molecule has 0 aliphatic carbocycles. The maximum Gasteiger partial charge on any atom is 0.171 e. The minimum Gasteiger partial charge on any atom is -0.486 e. The van der Waals surface area contributed by atoms with Gasteiger partial charge in [0, 0.05) is 33.9 Å². The van der Waals surface area contributed by atoms with Gasteiger partial charge in [-0.15, -0.1) is 0 Å². The fraction of sp³-hybridized carbons (Fsp3) is 0.0333. The Kier molecular flexibility index (Phi) is 8.57. The third-order valence-electron chi connectivity index (χ3n) is 5.42. The zero-order valence-corrected chi connectivity index (χ0v) is 21.2. The maximum absolute atomic E-state index is 13.8. The van der Waals surface area contributed by atoms with Gasteiger partial charge in [0.2, 0.25) is 0 Å². The summed E-state index contributed by atoms with van der Waals surface area (Å²) in [6.07, 6.45) is 1.72. The number of hydrogen-bond acceptors (Lipinski definition) is 4. The topological polar surface area (TPSA) is 65.2 Å². The first kappa shape index (κ1) is 25.2. The number of halogens is 1. The van der Waals surface area contributed by atoms with Gasteiger partial charge in [0.15, 0.2) is 7.14 Å². The van der Waals surface area contributed by atoms with Crippen molar-refractivity contribution < 1.29 is 9.30 Å². The molecule has 0 saturated carbocycles. The van der Waals surface area contributed by atoms with Gasteiger partial charge in [-0.2, -0.15) is 0 Å². The van der Waals surface area contributed by atoms with E-state index in [1.54, 1.807) is 24.4 Å². The Bertz CT molecular complexity index is 1310. The molecule has 0 atom stereocenters. The van der Waals surface area contributed by atoms with Gasteiger partial charge in [0.25, 0.3) is 0 Å². The van der Waals surface area contributed by atoms with E-state index in [0.29, 0.717) is 23.1 Å². The van der Waals surface area contributed by atoms with E-state index in [4.69, 9.17) is 22.1 Å². The van der Waals surface area contributed by atoms with E-state index in [2.05, 4.69) is 4.98 Å². The molecule has 0 aliphatic rings. The van der Waals surface area contributed by atoms with Gasteiger partial charge in [-0.05, 0) is 24.3 Å². The number of pyridine rings is 1. The van der Waals surface area contributed by atoms with Crippen LogP contribution in [0.25, 0.3) is 0 Å². The summed E-state index contributed by atoms with van der Waals surface area (Å²) in [6, 6.07) is 39.9. The molecule has 4 nitrogen and oxygen atoms in total. The molecule has 6 heteroatoms. The van der Waals surface area contributed by atoms with E-state index in [0.717, 1.165) is 21.6 Å². The van der Waals surface area contributed by atoms with E-state index >= 15 is 0 Å². The monoisotopic (exact) mass is 512 g/mol.